The van der Waals surface area contributed by atoms with Gasteiger partial charge in [-0.1, -0.05) is 24.3 Å². The van der Waals surface area contributed by atoms with E-state index in [9.17, 15) is 9.59 Å². The lowest BCUT2D eigenvalue weighted by Crippen LogP contribution is -2.15. The van der Waals surface area contributed by atoms with Gasteiger partial charge in [0.05, 0.1) is 30.4 Å². The summed E-state index contributed by atoms with van der Waals surface area (Å²) in [6, 6.07) is 17.4. The second kappa shape index (κ2) is 8.14. The molecule has 0 aliphatic heterocycles. The lowest BCUT2D eigenvalue weighted by Gasteiger charge is -2.11. The Morgan fingerprint density at radius 2 is 1.59 bits per heavy atom. The van der Waals surface area contributed by atoms with E-state index in [-0.39, 0.29) is 11.8 Å². The molecular weight excluding hydrogens is 342 g/mol. The number of hydrogen-bond donors (Lipinski definition) is 2. The summed E-state index contributed by atoms with van der Waals surface area (Å²) in [4.78, 5) is 29.0. The number of anilines is 2. The number of benzene rings is 2. The van der Waals surface area contributed by atoms with E-state index in [1.54, 1.807) is 74.8 Å². The number of ether oxygens (including phenoxy) is 1. The second-order valence-electron chi connectivity index (χ2n) is 5.86. The molecule has 0 spiro atoms. The quantitative estimate of drug-likeness (QED) is 0.722. The summed E-state index contributed by atoms with van der Waals surface area (Å²) in [6.07, 6.45) is 1.55. The van der Waals surface area contributed by atoms with Crippen LogP contribution in [0.1, 0.15) is 26.4 Å². The highest BCUT2D eigenvalue weighted by molar-refractivity contribution is 6.06. The fraction of sp³-hybridized carbons (Fsp3) is 0.0952. The lowest BCUT2D eigenvalue weighted by atomic mass is 10.2. The molecule has 0 saturated heterocycles. The minimum atomic E-state index is -0.292. The van der Waals surface area contributed by atoms with Crippen molar-refractivity contribution in [3.63, 3.8) is 0 Å². The van der Waals surface area contributed by atoms with Crippen molar-refractivity contribution in [1.82, 2.24) is 4.98 Å². The standard InChI is InChI=1S/C21H19N3O3/c1-14-19(24-20(25)15-7-4-3-5-8-15)12-17(13-22-14)23-21(26)16-9-6-10-18(11-16)27-2/h3-13H,1-2H3,(H,23,26)(H,24,25). The molecule has 2 aromatic carbocycles. The van der Waals surface area contributed by atoms with Gasteiger partial charge in [-0.15, -0.1) is 0 Å². The molecule has 1 aromatic heterocycles. The number of amides is 2. The average Bonchev–Trinajstić information content (AvgIpc) is 2.71. The second-order valence-corrected chi connectivity index (χ2v) is 5.86. The molecule has 0 aliphatic carbocycles. The van der Waals surface area contributed by atoms with Crippen molar-refractivity contribution >= 4 is 23.2 Å². The van der Waals surface area contributed by atoms with Crippen LogP contribution in [0, 0.1) is 6.92 Å². The molecule has 3 rings (SSSR count). The topological polar surface area (TPSA) is 80.3 Å². The molecule has 3 aromatic rings. The maximum Gasteiger partial charge on any atom is 0.255 e. The molecule has 0 atom stereocenters. The normalized spacial score (nSPS) is 10.1. The van der Waals surface area contributed by atoms with E-state index in [0.29, 0.717) is 33.9 Å². The van der Waals surface area contributed by atoms with E-state index >= 15 is 0 Å². The van der Waals surface area contributed by atoms with Crippen molar-refractivity contribution in [2.24, 2.45) is 0 Å². The molecular formula is C21H19N3O3. The van der Waals surface area contributed by atoms with Crippen LogP contribution in [0.5, 0.6) is 5.75 Å². The summed E-state index contributed by atoms with van der Waals surface area (Å²) in [5.41, 5.74) is 2.68. The summed E-state index contributed by atoms with van der Waals surface area (Å²) in [7, 11) is 1.54. The van der Waals surface area contributed by atoms with Crippen LogP contribution < -0.4 is 15.4 Å². The molecule has 0 aliphatic rings. The van der Waals surface area contributed by atoms with Gasteiger partial charge >= 0.3 is 0 Å². The van der Waals surface area contributed by atoms with Crippen molar-refractivity contribution in [2.75, 3.05) is 17.7 Å². The molecule has 0 bridgehead atoms. The van der Waals surface area contributed by atoms with Gasteiger partial charge in [0, 0.05) is 11.1 Å². The van der Waals surface area contributed by atoms with Crippen molar-refractivity contribution in [3.05, 3.63) is 83.7 Å². The molecule has 0 unspecified atom stereocenters. The van der Waals surface area contributed by atoms with E-state index < -0.39 is 0 Å². The van der Waals surface area contributed by atoms with Crippen LogP contribution >= 0.6 is 0 Å². The highest BCUT2D eigenvalue weighted by atomic mass is 16.5. The predicted octanol–water partition coefficient (Wildman–Crippen LogP) is 3.90. The number of aryl methyl sites for hydroxylation is 1. The Hall–Kier alpha value is -3.67. The molecule has 1 heterocycles. The molecule has 0 fully saturated rings. The number of aromatic nitrogens is 1. The first-order valence-corrected chi connectivity index (χ1v) is 8.35. The Bertz CT molecular complexity index is 971. The van der Waals surface area contributed by atoms with Crippen LogP contribution in [-0.2, 0) is 0 Å². The third-order valence-electron chi connectivity index (χ3n) is 3.96. The Morgan fingerprint density at radius 1 is 0.889 bits per heavy atom. The van der Waals surface area contributed by atoms with Gasteiger partial charge in [0.1, 0.15) is 5.75 Å². The van der Waals surface area contributed by atoms with Crippen LogP contribution in [0.2, 0.25) is 0 Å². The van der Waals surface area contributed by atoms with E-state index in [2.05, 4.69) is 15.6 Å². The van der Waals surface area contributed by atoms with Gasteiger partial charge in [0.25, 0.3) is 11.8 Å². The van der Waals surface area contributed by atoms with Crippen molar-refractivity contribution in [2.45, 2.75) is 6.92 Å². The summed E-state index contributed by atoms with van der Waals surface area (Å²) < 4.78 is 5.14. The van der Waals surface area contributed by atoms with Crippen LogP contribution in [-0.4, -0.2) is 23.9 Å². The third-order valence-corrected chi connectivity index (χ3v) is 3.96. The molecule has 6 nitrogen and oxygen atoms in total. The zero-order chi connectivity index (χ0) is 19.2. The summed E-state index contributed by atoms with van der Waals surface area (Å²) in [5.74, 6) is 0.0668. The van der Waals surface area contributed by atoms with Gasteiger partial charge in [-0.2, -0.15) is 0 Å². The van der Waals surface area contributed by atoms with E-state index in [0.717, 1.165) is 0 Å². The Labute approximate surface area is 157 Å². The number of pyridine rings is 1. The molecule has 6 heteroatoms. The van der Waals surface area contributed by atoms with Crippen LogP contribution in [0.25, 0.3) is 0 Å². The number of nitrogens with one attached hydrogen (secondary N) is 2. The van der Waals surface area contributed by atoms with Crippen LogP contribution in [0.3, 0.4) is 0 Å². The first kappa shape index (κ1) is 18.1. The smallest absolute Gasteiger partial charge is 0.255 e. The Kier molecular flexibility index (Phi) is 5.47. The van der Waals surface area contributed by atoms with Crippen LogP contribution in [0.15, 0.2) is 66.9 Å². The number of carbonyl (C=O) groups is 2. The van der Waals surface area contributed by atoms with Crippen LogP contribution in [0.4, 0.5) is 11.4 Å². The van der Waals surface area contributed by atoms with Crippen molar-refractivity contribution < 1.29 is 14.3 Å². The van der Waals surface area contributed by atoms with Crippen molar-refractivity contribution in [1.29, 1.82) is 0 Å². The average molecular weight is 361 g/mol. The zero-order valence-corrected chi connectivity index (χ0v) is 15.0. The molecule has 136 valence electrons. The number of nitrogens with zero attached hydrogens (tertiary/aromatic N) is 1. The lowest BCUT2D eigenvalue weighted by molar-refractivity contribution is 0.101. The number of rotatable bonds is 5. The Balaban J connectivity index is 1.76. The fourth-order valence-electron chi connectivity index (χ4n) is 2.48. The first-order chi connectivity index (χ1) is 13.1. The highest BCUT2D eigenvalue weighted by Gasteiger charge is 2.11. The van der Waals surface area contributed by atoms with Gasteiger partial charge < -0.3 is 15.4 Å². The Morgan fingerprint density at radius 3 is 2.33 bits per heavy atom. The summed E-state index contributed by atoms with van der Waals surface area (Å²) >= 11 is 0. The highest BCUT2D eigenvalue weighted by Crippen LogP contribution is 2.20. The predicted molar refractivity (Wildman–Crippen MR) is 104 cm³/mol. The zero-order valence-electron chi connectivity index (χ0n) is 15.0. The van der Waals surface area contributed by atoms with Gasteiger partial charge in [-0.25, -0.2) is 0 Å². The van der Waals surface area contributed by atoms with E-state index in [4.69, 9.17) is 4.74 Å². The number of methoxy groups -OCH3 is 1. The summed E-state index contributed by atoms with van der Waals surface area (Å²) in [6.45, 7) is 1.79. The monoisotopic (exact) mass is 361 g/mol. The molecule has 27 heavy (non-hydrogen) atoms. The first-order valence-electron chi connectivity index (χ1n) is 8.35. The summed E-state index contributed by atoms with van der Waals surface area (Å²) in [5, 5.41) is 5.61. The minimum Gasteiger partial charge on any atom is -0.497 e. The van der Waals surface area contributed by atoms with Gasteiger partial charge in [-0.3, -0.25) is 14.6 Å². The van der Waals surface area contributed by atoms with Crippen molar-refractivity contribution in [3.8, 4) is 5.75 Å². The fourth-order valence-corrected chi connectivity index (χ4v) is 2.48. The number of carbonyl (C=O) groups excluding carboxylic acids is 2. The molecule has 0 radical (unpaired) electrons. The van der Waals surface area contributed by atoms with Gasteiger partial charge in [0.15, 0.2) is 0 Å². The third kappa shape index (κ3) is 4.49. The SMILES string of the molecule is COc1cccc(C(=O)Nc2cnc(C)c(NC(=O)c3ccccc3)c2)c1. The van der Waals surface area contributed by atoms with Gasteiger partial charge in [-0.05, 0) is 43.3 Å². The van der Waals surface area contributed by atoms with E-state index in [1.165, 1.54) is 0 Å². The molecule has 2 N–H and O–H groups in total. The largest absolute Gasteiger partial charge is 0.497 e. The maximum absolute atomic E-state index is 12.4. The molecule has 0 saturated carbocycles. The van der Waals surface area contributed by atoms with E-state index in [1.807, 2.05) is 6.07 Å². The number of hydrogen-bond acceptors (Lipinski definition) is 4. The molecule has 2 amide bonds. The maximum atomic E-state index is 12.4. The minimum absolute atomic E-state index is 0.239. The van der Waals surface area contributed by atoms with Gasteiger partial charge in [0.2, 0.25) is 0 Å².